The van der Waals surface area contributed by atoms with Crippen LogP contribution in [0, 0.1) is 5.92 Å². The van der Waals surface area contributed by atoms with Crippen LogP contribution in [0.5, 0.6) is 0 Å². The fourth-order valence-corrected chi connectivity index (χ4v) is 4.73. The van der Waals surface area contributed by atoms with E-state index >= 15 is 0 Å². The molecule has 1 atom stereocenters. The quantitative estimate of drug-likeness (QED) is 0.0559. The first kappa shape index (κ1) is 35.9. The van der Waals surface area contributed by atoms with Crippen molar-refractivity contribution in [2.24, 2.45) is 5.92 Å². The zero-order valence-corrected chi connectivity index (χ0v) is 25.6. The van der Waals surface area contributed by atoms with E-state index < -0.39 is 0 Å². The zero-order valence-electron chi connectivity index (χ0n) is 25.6. The van der Waals surface area contributed by atoms with E-state index in [0.717, 1.165) is 31.6 Å². The third kappa shape index (κ3) is 31.1. The number of carbonyl (C=O) groups excluding carboxylic acids is 1. The second kappa shape index (κ2) is 31.2. The molecular formula is C35H66O2. The lowest BCUT2D eigenvalue weighted by Crippen LogP contribution is -2.05. The molecule has 0 N–H and O–H groups in total. The summed E-state index contributed by atoms with van der Waals surface area (Å²) in [6.45, 7) is 7.55. The molecule has 0 radical (unpaired) electrons. The second-order valence-electron chi connectivity index (χ2n) is 11.4. The molecule has 0 fully saturated rings. The highest BCUT2D eigenvalue weighted by molar-refractivity contribution is 5.69. The molecule has 0 aromatic carbocycles. The van der Waals surface area contributed by atoms with Crippen molar-refractivity contribution in [1.29, 1.82) is 0 Å². The predicted octanol–water partition coefficient (Wildman–Crippen LogP) is 12.1. The Kier molecular flexibility index (Phi) is 30.3. The van der Waals surface area contributed by atoms with Crippen LogP contribution in [0.2, 0.25) is 0 Å². The summed E-state index contributed by atoms with van der Waals surface area (Å²) in [6, 6.07) is 0. The molecule has 0 aromatic heterocycles. The van der Waals surface area contributed by atoms with E-state index in [1.165, 1.54) is 128 Å². The minimum Gasteiger partial charge on any atom is -0.466 e. The van der Waals surface area contributed by atoms with Gasteiger partial charge < -0.3 is 4.74 Å². The van der Waals surface area contributed by atoms with Crippen molar-refractivity contribution in [3.63, 3.8) is 0 Å². The Morgan fingerprint density at radius 3 is 1.65 bits per heavy atom. The Morgan fingerprint density at radius 1 is 0.595 bits per heavy atom. The first-order valence-electron chi connectivity index (χ1n) is 16.7. The van der Waals surface area contributed by atoms with Crippen molar-refractivity contribution in [3.8, 4) is 0 Å². The van der Waals surface area contributed by atoms with Crippen LogP contribution in [0.15, 0.2) is 24.3 Å². The van der Waals surface area contributed by atoms with Gasteiger partial charge in [0.05, 0.1) is 6.61 Å². The van der Waals surface area contributed by atoms with Crippen molar-refractivity contribution in [1.82, 2.24) is 0 Å². The summed E-state index contributed by atoms with van der Waals surface area (Å²) in [5, 5.41) is 0. The van der Waals surface area contributed by atoms with Gasteiger partial charge in [-0.2, -0.15) is 0 Å². The molecule has 0 aliphatic rings. The van der Waals surface area contributed by atoms with Crippen LogP contribution in [0.3, 0.4) is 0 Å². The highest BCUT2D eigenvalue weighted by Gasteiger charge is 2.02. The van der Waals surface area contributed by atoms with Gasteiger partial charge in [0.25, 0.3) is 0 Å². The number of allylic oxidation sites excluding steroid dienone is 4. The van der Waals surface area contributed by atoms with Gasteiger partial charge in [-0.25, -0.2) is 0 Å². The van der Waals surface area contributed by atoms with Crippen molar-refractivity contribution in [2.75, 3.05) is 6.61 Å². The largest absolute Gasteiger partial charge is 0.466 e. The van der Waals surface area contributed by atoms with Gasteiger partial charge in [0.15, 0.2) is 0 Å². The Bertz CT molecular complexity index is 507. The van der Waals surface area contributed by atoms with Crippen molar-refractivity contribution in [3.05, 3.63) is 24.3 Å². The summed E-state index contributed by atoms with van der Waals surface area (Å²) in [5.41, 5.74) is 0. The molecule has 0 rings (SSSR count). The Hall–Kier alpha value is -1.05. The van der Waals surface area contributed by atoms with Crippen LogP contribution < -0.4 is 0 Å². The number of ether oxygens (including phenoxy) is 1. The average Bonchev–Trinajstić information content (AvgIpc) is 2.90. The van der Waals surface area contributed by atoms with Crippen LogP contribution in [-0.4, -0.2) is 12.6 Å². The lowest BCUT2D eigenvalue weighted by molar-refractivity contribution is -0.143. The van der Waals surface area contributed by atoms with E-state index in [9.17, 15) is 4.79 Å². The minimum atomic E-state index is 0.00911. The molecule has 2 nitrogen and oxygen atoms in total. The van der Waals surface area contributed by atoms with Gasteiger partial charge in [0.2, 0.25) is 0 Å². The van der Waals surface area contributed by atoms with E-state index in [4.69, 9.17) is 4.74 Å². The fraction of sp³-hybridized carbons (Fsp3) is 0.857. The standard InChI is InChI=1S/C35H66O2/c1-4-6-7-8-9-10-11-12-13-14-17-20-23-26-29-32-35(36)37-33-30-27-24-21-18-15-16-19-22-25-28-31-34(3)5-2/h9-10,12-13,34H,4-8,11,14-33H2,1-3H3/b10-9-,13-12-. The molecule has 0 aliphatic carbocycles. The van der Waals surface area contributed by atoms with Gasteiger partial charge in [-0.1, -0.05) is 154 Å². The molecule has 0 spiro atoms. The van der Waals surface area contributed by atoms with Gasteiger partial charge in [-0.15, -0.1) is 0 Å². The van der Waals surface area contributed by atoms with E-state index in [0.29, 0.717) is 13.0 Å². The molecule has 0 saturated carbocycles. The summed E-state index contributed by atoms with van der Waals surface area (Å²) < 4.78 is 5.42. The van der Waals surface area contributed by atoms with Crippen LogP contribution in [0.4, 0.5) is 0 Å². The Labute approximate surface area is 233 Å². The molecule has 0 saturated heterocycles. The minimum absolute atomic E-state index is 0.00911. The van der Waals surface area contributed by atoms with Gasteiger partial charge >= 0.3 is 5.97 Å². The summed E-state index contributed by atoms with van der Waals surface area (Å²) in [5.74, 6) is 0.925. The first-order chi connectivity index (χ1) is 18.2. The van der Waals surface area contributed by atoms with Crippen LogP contribution in [0.25, 0.3) is 0 Å². The number of unbranched alkanes of at least 4 members (excludes halogenated alkanes) is 18. The van der Waals surface area contributed by atoms with Crippen molar-refractivity contribution in [2.45, 2.75) is 181 Å². The molecule has 0 aliphatic heterocycles. The van der Waals surface area contributed by atoms with E-state index in [1.54, 1.807) is 0 Å². The molecular weight excluding hydrogens is 452 g/mol. The van der Waals surface area contributed by atoms with Crippen molar-refractivity contribution >= 4 is 5.97 Å². The maximum absolute atomic E-state index is 11.9. The molecule has 0 heterocycles. The molecule has 1 unspecified atom stereocenters. The Morgan fingerprint density at radius 2 is 1.08 bits per heavy atom. The van der Waals surface area contributed by atoms with E-state index in [1.807, 2.05) is 0 Å². The highest BCUT2D eigenvalue weighted by atomic mass is 16.5. The normalized spacial score (nSPS) is 12.6. The number of carbonyl (C=O) groups is 1. The number of hydrogen-bond acceptors (Lipinski definition) is 2. The lowest BCUT2D eigenvalue weighted by atomic mass is 9.99. The van der Waals surface area contributed by atoms with Gasteiger partial charge in [0.1, 0.15) is 0 Å². The molecule has 0 bridgehead atoms. The van der Waals surface area contributed by atoms with E-state index in [-0.39, 0.29) is 5.97 Å². The number of esters is 1. The highest BCUT2D eigenvalue weighted by Crippen LogP contribution is 2.15. The lowest BCUT2D eigenvalue weighted by Gasteiger charge is -2.07. The smallest absolute Gasteiger partial charge is 0.305 e. The Balaban J connectivity index is 3.24. The average molecular weight is 519 g/mol. The number of rotatable bonds is 29. The molecule has 0 amide bonds. The SMILES string of the molecule is CCCCC/C=C\C/C=C\CCCCCCCC(=O)OCCCCCCCCCCCCCC(C)CC. The summed E-state index contributed by atoms with van der Waals surface area (Å²) in [6.07, 6.45) is 40.7. The second-order valence-corrected chi connectivity index (χ2v) is 11.4. The molecule has 37 heavy (non-hydrogen) atoms. The predicted molar refractivity (Wildman–Crippen MR) is 165 cm³/mol. The third-order valence-corrected chi connectivity index (χ3v) is 7.63. The summed E-state index contributed by atoms with van der Waals surface area (Å²) >= 11 is 0. The fourth-order valence-electron chi connectivity index (χ4n) is 4.73. The molecule has 2 heteroatoms. The summed E-state index contributed by atoms with van der Waals surface area (Å²) in [7, 11) is 0. The van der Waals surface area contributed by atoms with Crippen LogP contribution >= 0.6 is 0 Å². The van der Waals surface area contributed by atoms with E-state index in [2.05, 4.69) is 45.1 Å². The van der Waals surface area contributed by atoms with Crippen molar-refractivity contribution < 1.29 is 9.53 Å². The number of hydrogen-bond donors (Lipinski definition) is 0. The third-order valence-electron chi connectivity index (χ3n) is 7.63. The maximum atomic E-state index is 11.9. The monoisotopic (exact) mass is 519 g/mol. The zero-order chi connectivity index (χ0) is 27.1. The summed E-state index contributed by atoms with van der Waals surface area (Å²) in [4.78, 5) is 11.9. The van der Waals surface area contributed by atoms with Gasteiger partial charge in [0, 0.05) is 6.42 Å². The molecule has 0 aromatic rings. The van der Waals surface area contributed by atoms with Crippen LogP contribution in [0.1, 0.15) is 181 Å². The molecule has 218 valence electrons. The first-order valence-corrected chi connectivity index (χ1v) is 16.7. The maximum Gasteiger partial charge on any atom is 0.305 e. The van der Waals surface area contributed by atoms with Gasteiger partial charge in [-0.05, 0) is 50.9 Å². The van der Waals surface area contributed by atoms with Gasteiger partial charge in [-0.3, -0.25) is 4.79 Å². The van der Waals surface area contributed by atoms with Crippen LogP contribution in [-0.2, 0) is 9.53 Å². The topological polar surface area (TPSA) is 26.3 Å².